The van der Waals surface area contributed by atoms with Gasteiger partial charge in [-0.15, -0.1) is 0 Å². The van der Waals surface area contributed by atoms with Crippen LogP contribution in [0.4, 0.5) is 0 Å². The molecular formula is C12H16N2O2. The highest BCUT2D eigenvalue weighted by atomic mass is 16.2. The molecule has 0 bridgehead atoms. The number of carbonyl (C=O) groups excluding carboxylic acids is 1. The molecule has 0 radical (unpaired) electrons. The lowest BCUT2D eigenvalue weighted by atomic mass is 10.1. The van der Waals surface area contributed by atoms with Gasteiger partial charge in [0.05, 0.1) is 0 Å². The van der Waals surface area contributed by atoms with Crippen LogP contribution in [0.5, 0.6) is 0 Å². The van der Waals surface area contributed by atoms with Crippen molar-refractivity contribution in [2.45, 2.75) is 32.2 Å². The van der Waals surface area contributed by atoms with E-state index in [4.69, 9.17) is 0 Å². The molecule has 0 spiro atoms. The van der Waals surface area contributed by atoms with Gasteiger partial charge in [0.25, 0.3) is 5.91 Å². The first-order valence-electron chi connectivity index (χ1n) is 5.72. The first-order valence-corrected chi connectivity index (χ1v) is 5.72. The summed E-state index contributed by atoms with van der Waals surface area (Å²) in [6.07, 6.45) is 3.10. The van der Waals surface area contributed by atoms with Gasteiger partial charge in [-0.1, -0.05) is 13.0 Å². The molecule has 1 saturated heterocycles. The lowest BCUT2D eigenvalue weighted by Crippen LogP contribution is -2.36. The lowest BCUT2D eigenvalue weighted by Gasteiger charge is -2.23. The summed E-state index contributed by atoms with van der Waals surface area (Å²) < 4.78 is 0. The smallest absolute Gasteiger partial charge is 0.270 e. The summed E-state index contributed by atoms with van der Waals surface area (Å²) >= 11 is 0. The number of pyridine rings is 1. The molecule has 4 nitrogen and oxygen atoms in total. The SMILES string of the molecule is CCC1CCCN1C(=O)c1cccc(=O)[nH]1. The van der Waals surface area contributed by atoms with Gasteiger partial charge in [-0.2, -0.15) is 0 Å². The highest BCUT2D eigenvalue weighted by Gasteiger charge is 2.28. The molecule has 1 amide bonds. The van der Waals surface area contributed by atoms with Crippen LogP contribution < -0.4 is 5.56 Å². The summed E-state index contributed by atoms with van der Waals surface area (Å²) in [5.74, 6) is -0.0537. The van der Waals surface area contributed by atoms with E-state index < -0.39 is 0 Å². The average molecular weight is 220 g/mol. The molecular weight excluding hydrogens is 204 g/mol. The number of carbonyl (C=O) groups is 1. The van der Waals surface area contributed by atoms with Gasteiger partial charge in [0.15, 0.2) is 0 Å². The Morgan fingerprint density at radius 3 is 3.06 bits per heavy atom. The number of aromatic amines is 1. The Morgan fingerprint density at radius 1 is 1.56 bits per heavy atom. The number of aromatic nitrogens is 1. The Balaban J connectivity index is 2.22. The number of likely N-dealkylation sites (tertiary alicyclic amines) is 1. The minimum atomic E-state index is -0.224. The van der Waals surface area contributed by atoms with E-state index in [0.29, 0.717) is 11.7 Å². The van der Waals surface area contributed by atoms with Crippen LogP contribution in [-0.2, 0) is 0 Å². The van der Waals surface area contributed by atoms with Crippen molar-refractivity contribution in [3.63, 3.8) is 0 Å². The summed E-state index contributed by atoms with van der Waals surface area (Å²) in [5, 5.41) is 0. The van der Waals surface area contributed by atoms with E-state index in [-0.39, 0.29) is 11.5 Å². The molecule has 1 aliphatic rings. The van der Waals surface area contributed by atoms with Crippen LogP contribution in [0, 0.1) is 0 Å². The van der Waals surface area contributed by atoms with Gasteiger partial charge >= 0.3 is 0 Å². The highest BCUT2D eigenvalue weighted by molar-refractivity contribution is 5.92. The minimum absolute atomic E-state index is 0.0537. The van der Waals surface area contributed by atoms with Gasteiger partial charge < -0.3 is 9.88 Å². The predicted molar refractivity (Wildman–Crippen MR) is 61.4 cm³/mol. The topological polar surface area (TPSA) is 53.2 Å². The molecule has 1 N–H and O–H groups in total. The highest BCUT2D eigenvalue weighted by Crippen LogP contribution is 2.21. The molecule has 0 aromatic carbocycles. The Bertz CT molecular complexity index is 439. The van der Waals surface area contributed by atoms with Crippen molar-refractivity contribution < 1.29 is 4.79 Å². The van der Waals surface area contributed by atoms with Crippen LogP contribution in [0.2, 0.25) is 0 Å². The lowest BCUT2D eigenvalue weighted by molar-refractivity contribution is 0.0727. The first kappa shape index (κ1) is 10.9. The van der Waals surface area contributed by atoms with Crippen molar-refractivity contribution in [2.24, 2.45) is 0 Å². The van der Waals surface area contributed by atoms with Crippen LogP contribution in [0.3, 0.4) is 0 Å². The zero-order valence-corrected chi connectivity index (χ0v) is 9.40. The molecule has 0 aliphatic carbocycles. The molecule has 1 fully saturated rings. The van der Waals surface area contributed by atoms with Gasteiger partial charge in [0.1, 0.15) is 5.69 Å². The van der Waals surface area contributed by atoms with Crippen LogP contribution in [0.1, 0.15) is 36.7 Å². The van der Waals surface area contributed by atoms with E-state index in [9.17, 15) is 9.59 Å². The third kappa shape index (κ3) is 2.01. The molecule has 1 aromatic rings. The first-order chi connectivity index (χ1) is 7.72. The number of hydrogen-bond donors (Lipinski definition) is 1. The molecule has 1 atom stereocenters. The standard InChI is InChI=1S/C12H16N2O2/c1-2-9-5-4-8-14(9)12(16)10-6-3-7-11(15)13-10/h3,6-7,9H,2,4-5,8H2,1H3,(H,13,15). The van der Waals surface area contributed by atoms with Crippen LogP contribution >= 0.6 is 0 Å². The molecule has 2 rings (SSSR count). The predicted octanol–water partition coefficient (Wildman–Crippen LogP) is 1.39. The van der Waals surface area contributed by atoms with E-state index >= 15 is 0 Å². The molecule has 16 heavy (non-hydrogen) atoms. The largest absolute Gasteiger partial charge is 0.334 e. The Kier molecular flexibility index (Phi) is 3.08. The number of rotatable bonds is 2. The second-order valence-corrected chi connectivity index (χ2v) is 4.13. The zero-order chi connectivity index (χ0) is 11.5. The monoisotopic (exact) mass is 220 g/mol. The fraction of sp³-hybridized carbons (Fsp3) is 0.500. The normalized spacial score (nSPS) is 20.1. The van der Waals surface area contributed by atoms with Crippen LogP contribution in [-0.4, -0.2) is 28.4 Å². The zero-order valence-electron chi connectivity index (χ0n) is 9.40. The van der Waals surface area contributed by atoms with Gasteiger partial charge in [-0.25, -0.2) is 0 Å². The fourth-order valence-electron chi connectivity index (χ4n) is 2.25. The van der Waals surface area contributed by atoms with Gasteiger partial charge in [0.2, 0.25) is 5.56 Å². The summed E-state index contributed by atoms with van der Waals surface area (Å²) in [4.78, 5) is 27.7. The van der Waals surface area contributed by atoms with Crippen molar-refractivity contribution in [1.29, 1.82) is 0 Å². The molecule has 86 valence electrons. The van der Waals surface area contributed by atoms with E-state index in [1.807, 2.05) is 4.90 Å². The fourth-order valence-corrected chi connectivity index (χ4v) is 2.25. The van der Waals surface area contributed by atoms with Crippen molar-refractivity contribution in [1.82, 2.24) is 9.88 Å². The minimum Gasteiger partial charge on any atom is -0.334 e. The summed E-state index contributed by atoms with van der Waals surface area (Å²) in [6.45, 7) is 2.89. The number of hydrogen-bond acceptors (Lipinski definition) is 2. The van der Waals surface area contributed by atoms with Crippen LogP contribution in [0.15, 0.2) is 23.0 Å². The third-order valence-electron chi connectivity index (χ3n) is 3.11. The maximum absolute atomic E-state index is 12.1. The second-order valence-electron chi connectivity index (χ2n) is 4.13. The Hall–Kier alpha value is -1.58. The molecule has 1 unspecified atom stereocenters. The third-order valence-corrected chi connectivity index (χ3v) is 3.11. The maximum Gasteiger partial charge on any atom is 0.270 e. The Morgan fingerprint density at radius 2 is 2.38 bits per heavy atom. The average Bonchev–Trinajstić information content (AvgIpc) is 2.76. The number of amides is 1. The van der Waals surface area contributed by atoms with Crippen molar-refractivity contribution >= 4 is 5.91 Å². The van der Waals surface area contributed by atoms with Crippen molar-refractivity contribution in [3.8, 4) is 0 Å². The number of H-pyrrole nitrogens is 1. The number of nitrogens with zero attached hydrogens (tertiary/aromatic N) is 1. The van der Waals surface area contributed by atoms with E-state index in [0.717, 1.165) is 25.8 Å². The van der Waals surface area contributed by atoms with Gasteiger partial charge in [-0.3, -0.25) is 9.59 Å². The van der Waals surface area contributed by atoms with Gasteiger partial charge in [-0.05, 0) is 25.3 Å². The maximum atomic E-state index is 12.1. The molecule has 0 saturated carbocycles. The molecule has 2 heterocycles. The van der Waals surface area contributed by atoms with Gasteiger partial charge in [0, 0.05) is 18.7 Å². The van der Waals surface area contributed by atoms with E-state index in [1.54, 1.807) is 12.1 Å². The molecule has 1 aromatic heterocycles. The quantitative estimate of drug-likeness (QED) is 0.818. The van der Waals surface area contributed by atoms with Crippen molar-refractivity contribution in [3.05, 3.63) is 34.2 Å². The molecule has 4 heteroatoms. The second kappa shape index (κ2) is 4.51. The van der Waals surface area contributed by atoms with E-state index in [2.05, 4.69) is 11.9 Å². The number of nitrogens with one attached hydrogen (secondary N) is 1. The Labute approximate surface area is 94.3 Å². The molecule has 1 aliphatic heterocycles. The summed E-state index contributed by atoms with van der Waals surface area (Å²) in [6, 6.07) is 5.02. The van der Waals surface area contributed by atoms with Crippen molar-refractivity contribution in [2.75, 3.05) is 6.54 Å². The summed E-state index contributed by atoms with van der Waals surface area (Å²) in [7, 11) is 0. The van der Waals surface area contributed by atoms with Crippen LogP contribution in [0.25, 0.3) is 0 Å². The van der Waals surface area contributed by atoms with E-state index in [1.165, 1.54) is 6.07 Å². The summed E-state index contributed by atoms with van der Waals surface area (Å²) in [5.41, 5.74) is 0.172.